The van der Waals surface area contributed by atoms with Gasteiger partial charge in [0.25, 0.3) is 0 Å². The summed E-state index contributed by atoms with van der Waals surface area (Å²) in [5.41, 5.74) is 5.61. The topological polar surface area (TPSA) is 99.2 Å². The van der Waals surface area contributed by atoms with Crippen molar-refractivity contribution in [3.8, 4) is 0 Å². The Morgan fingerprint density at radius 1 is 1.53 bits per heavy atom. The van der Waals surface area contributed by atoms with Gasteiger partial charge < -0.3 is 20.9 Å². The number of hydrogen-bond donors (Lipinski definition) is 3. The smallest absolute Gasteiger partial charge is 0.407 e. The lowest BCUT2D eigenvalue weighted by Gasteiger charge is -2.58. The quantitative estimate of drug-likeness (QED) is 0.269. The molecule has 1 spiro atoms. The van der Waals surface area contributed by atoms with E-state index in [0.29, 0.717) is 25.4 Å². The van der Waals surface area contributed by atoms with Gasteiger partial charge in [0.15, 0.2) is 0 Å². The zero-order chi connectivity index (χ0) is 11.1. The van der Waals surface area contributed by atoms with Crippen LogP contribution in [0, 0.1) is 11.3 Å². The van der Waals surface area contributed by atoms with Crippen LogP contribution in [0.15, 0.2) is 5.16 Å². The van der Waals surface area contributed by atoms with Crippen molar-refractivity contribution < 1.29 is 15.1 Å². The number of oxime groups is 1. The molecule has 4 N–H and O–H groups in total. The predicted molar refractivity (Wildman–Crippen MR) is 52.8 cm³/mol. The van der Waals surface area contributed by atoms with Crippen LogP contribution in [0.2, 0.25) is 0 Å². The third-order valence-corrected chi connectivity index (χ3v) is 3.39. The van der Waals surface area contributed by atoms with E-state index in [9.17, 15) is 4.79 Å². The lowest BCUT2D eigenvalue weighted by molar-refractivity contribution is -0.0777. The maximum absolute atomic E-state index is 10.6. The summed E-state index contributed by atoms with van der Waals surface area (Å²) in [4.78, 5) is 12.0. The third-order valence-electron chi connectivity index (χ3n) is 3.39. The highest BCUT2D eigenvalue weighted by molar-refractivity contribution is 5.80. The number of likely N-dealkylation sites (tertiary alicyclic amines) is 1. The minimum absolute atomic E-state index is 0.207. The maximum Gasteiger partial charge on any atom is 0.407 e. The fraction of sp³-hybridized carbons (Fsp3) is 0.778. The first-order chi connectivity index (χ1) is 7.04. The van der Waals surface area contributed by atoms with Gasteiger partial charge in [0, 0.05) is 24.9 Å². The van der Waals surface area contributed by atoms with Gasteiger partial charge in [0.05, 0.1) is 0 Å². The minimum atomic E-state index is -0.833. The molecule has 2 fully saturated rings. The highest BCUT2D eigenvalue weighted by atomic mass is 16.4. The molecule has 0 radical (unpaired) electrons. The van der Waals surface area contributed by atoms with Gasteiger partial charge in [-0.15, -0.1) is 0 Å². The number of carboxylic acid groups (broad SMARTS) is 1. The van der Waals surface area contributed by atoms with E-state index in [4.69, 9.17) is 16.0 Å². The predicted octanol–water partition coefficient (Wildman–Crippen LogP) is 0.513. The van der Waals surface area contributed by atoms with E-state index in [1.165, 1.54) is 4.90 Å². The van der Waals surface area contributed by atoms with Gasteiger partial charge in [-0.1, -0.05) is 5.16 Å². The second kappa shape index (κ2) is 3.29. The van der Waals surface area contributed by atoms with Crippen LogP contribution < -0.4 is 5.73 Å². The highest BCUT2D eigenvalue weighted by Gasteiger charge is 2.53. The van der Waals surface area contributed by atoms with Crippen molar-refractivity contribution in [2.45, 2.75) is 19.3 Å². The Bertz CT molecular complexity index is 302. The van der Waals surface area contributed by atoms with Crippen molar-refractivity contribution in [3.05, 3.63) is 0 Å². The summed E-state index contributed by atoms with van der Waals surface area (Å²) >= 11 is 0. The molecule has 0 unspecified atom stereocenters. The number of amides is 1. The van der Waals surface area contributed by atoms with Crippen molar-refractivity contribution in [2.24, 2.45) is 22.2 Å². The summed E-state index contributed by atoms with van der Waals surface area (Å²) in [7, 11) is 0. The fourth-order valence-electron chi connectivity index (χ4n) is 2.80. The van der Waals surface area contributed by atoms with Gasteiger partial charge in [0.1, 0.15) is 5.84 Å². The summed E-state index contributed by atoms with van der Waals surface area (Å²) in [6.07, 6.45) is 1.77. The zero-order valence-corrected chi connectivity index (χ0v) is 8.39. The zero-order valence-electron chi connectivity index (χ0n) is 8.39. The van der Waals surface area contributed by atoms with E-state index in [0.717, 1.165) is 12.8 Å². The van der Waals surface area contributed by atoms with E-state index in [1.807, 2.05) is 0 Å². The van der Waals surface area contributed by atoms with Gasteiger partial charge in [-0.3, -0.25) is 0 Å². The van der Waals surface area contributed by atoms with Crippen molar-refractivity contribution in [3.63, 3.8) is 0 Å². The van der Waals surface area contributed by atoms with Crippen LogP contribution in [-0.2, 0) is 0 Å². The summed E-state index contributed by atoms with van der Waals surface area (Å²) in [6.45, 7) is 1.30. The van der Waals surface area contributed by atoms with E-state index in [1.54, 1.807) is 0 Å². The summed E-state index contributed by atoms with van der Waals surface area (Å²) in [5, 5.41) is 20.0. The summed E-state index contributed by atoms with van der Waals surface area (Å²) < 4.78 is 0. The molecule has 0 atom stereocenters. The van der Waals surface area contributed by atoms with Gasteiger partial charge in [-0.25, -0.2) is 4.79 Å². The number of rotatable bonds is 2. The van der Waals surface area contributed by atoms with Crippen LogP contribution in [-0.4, -0.2) is 40.2 Å². The second-order valence-electron chi connectivity index (χ2n) is 4.71. The summed E-state index contributed by atoms with van der Waals surface area (Å²) in [6, 6.07) is 0. The first kappa shape index (κ1) is 10.1. The molecule has 2 rings (SSSR count). The van der Waals surface area contributed by atoms with Crippen molar-refractivity contribution >= 4 is 11.9 Å². The average molecular weight is 213 g/mol. The standard InChI is InChI=1S/C9H15N3O3/c10-7(11-15)1-6-2-9(3-6)4-12(5-9)8(13)14/h6,15H,1-5H2,(H2,10,11)(H,13,14). The van der Waals surface area contributed by atoms with Gasteiger partial charge in [0.2, 0.25) is 0 Å². The van der Waals surface area contributed by atoms with Crippen LogP contribution in [0.4, 0.5) is 4.79 Å². The number of nitrogens with zero attached hydrogens (tertiary/aromatic N) is 2. The molecule has 1 aliphatic carbocycles. The second-order valence-corrected chi connectivity index (χ2v) is 4.71. The normalized spacial score (nSPS) is 24.8. The molecule has 15 heavy (non-hydrogen) atoms. The molecule has 6 nitrogen and oxygen atoms in total. The maximum atomic E-state index is 10.6. The molecule has 1 saturated heterocycles. The van der Waals surface area contributed by atoms with Crippen LogP contribution in [0.5, 0.6) is 0 Å². The van der Waals surface area contributed by atoms with Crippen molar-refractivity contribution in [2.75, 3.05) is 13.1 Å². The van der Waals surface area contributed by atoms with Gasteiger partial charge >= 0.3 is 6.09 Å². The molecule has 0 aromatic carbocycles. The highest BCUT2D eigenvalue weighted by Crippen LogP contribution is 2.52. The van der Waals surface area contributed by atoms with E-state index < -0.39 is 6.09 Å². The van der Waals surface area contributed by atoms with E-state index >= 15 is 0 Å². The van der Waals surface area contributed by atoms with Crippen molar-refractivity contribution in [1.82, 2.24) is 4.90 Å². The van der Waals surface area contributed by atoms with Gasteiger partial charge in [-0.2, -0.15) is 0 Å². The molecule has 2 aliphatic rings. The lowest BCUT2D eigenvalue weighted by Crippen LogP contribution is -2.63. The SMILES string of the molecule is N/C(CC1CC2(C1)CN(C(=O)O)C2)=N\O. The molecule has 84 valence electrons. The fourth-order valence-corrected chi connectivity index (χ4v) is 2.80. The monoisotopic (exact) mass is 213 g/mol. The van der Waals surface area contributed by atoms with E-state index in [2.05, 4.69) is 5.16 Å². The molecule has 1 amide bonds. The number of amidine groups is 1. The summed E-state index contributed by atoms with van der Waals surface area (Å²) in [5.74, 6) is 0.723. The van der Waals surface area contributed by atoms with Crippen LogP contribution in [0.1, 0.15) is 19.3 Å². The van der Waals surface area contributed by atoms with Crippen LogP contribution >= 0.6 is 0 Å². The molecule has 1 heterocycles. The first-order valence-corrected chi connectivity index (χ1v) is 4.99. The van der Waals surface area contributed by atoms with Crippen molar-refractivity contribution in [1.29, 1.82) is 0 Å². The molecular formula is C9H15N3O3. The molecule has 1 aliphatic heterocycles. The minimum Gasteiger partial charge on any atom is -0.465 e. The van der Waals surface area contributed by atoms with Crippen LogP contribution in [0.25, 0.3) is 0 Å². The molecular weight excluding hydrogens is 198 g/mol. The Morgan fingerprint density at radius 3 is 2.60 bits per heavy atom. The Balaban J connectivity index is 1.73. The largest absolute Gasteiger partial charge is 0.465 e. The first-order valence-electron chi connectivity index (χ1n) is 4.99. The van der Waals surface area contributed by atoms with E-state index in [-0.39, 0.29) is 11.3 Å². The van der Waals surface area contributed by atoms with Gasteiger partial charge in [-0.05, 0) is 18.8 Å². The molecule has 0 bridgehead atoms. The Kier molecular flexibility index (Phi) is 2.21. The third kappa shape index (κ3) is 1.71. The molecule has 6 heteroatoms. The molecule has 1 saturated carbocycles. The average Bonchev–Trinajstić information content (AvgIpc) is 2.05. The number of nitrogens with two attached hydrogens (primary N) is 1. The lowest BCUT2D eigenvalue weighted by atomic mass is 9.57. The molecule has 0 aromatic rings. The van der Waals surface area contributed by atoms with Crippen LogP contribution in [0.3, 0.4) is 0 Å². The number of carbonyl (C=O) groups is 1. The number of hydrogen-bond acceptors (Lipinski definition) is 3. The Hall–Kier alpha value is -1.46. The Morgan fingerprint density at radius 2 is 2.13 bits per heavy atom. The molecule has 0 aromatic heterocycles. The Labute approximate surface area is 87.3 Å².